The maximum atomic E-state index is 5.79. The molecule has 0 saturated heterocycles. The molecule has 4 heteroatoms. The molecule has 0 radical (unpaired) electrons. The molecule has 0 aromatic heterocycles. The van der Waals surface area contributed by atoms with Crippen LogP contribution in [0.15, 0.2) is 24.1 Å². The van der Waals surface area contributed by atoms with Gasteiger partial charge >= 0.3 is 0 Å². The van der Waals surface area contributed by atoms with Gasteiger partial charge in [-0.15, -0.1) is 0 Å². The van der Waals surface area contributed by atoms with E-state index in [2.05, 4.69) is 10.6 Å². The van der Waals surface area contributed by atoms with E-state index in [-0.39, 0.29) is 0 Å². The van der Waals surface area contributed by atoms with Crippen LogP contribution in [-0.4, -0.2) is 19.9 Å². The second-order valence-electron chi connectivity index (χ2n) is 2.34. The number of likely N-dealkylation sites (N-methyl/N-ethyl adjacent to an activating group) is 1. The van der Waals surface area contributed by atoms with Crippen LogP contribution in [0.4, 0.5) is 0 Å². The third kappa shape index (κ3) is 1.72. The number of dihydropyridines is 1. The summed E-state index contributed by atoms with van der Waals surface area (Å²) in [5, 5.41) is 5.85. The molecule has 1 aliphatic heterocycles. The lowest BCUT2D eigenvalue weighted by atomic mass is 10.2. The van der Waals surface area contributed by atoms with E-state index in [4.69, 9.17) is 10.5 Å². The van der Waals surface area contributed by atoms with Crippen molar-refractivity contribution in [3.05, 3.63) is 24.1 Å². The number of hydrogen-bond donors (Lipinski definition) is 3. The van der Waals surface area contributed by atoms with E-state index in [0.717, 1.165) is 0 Å². The number of methoxy groups -OCH3 is 1. The van der Waals surface area contributed by atoms with E-state index < -0.39 is 5.79 Å². The molecule has 62 valence electrons. The minimum atomic E-state index is -0.680. The molecule has 1 aliphatic rings. The Kier molecular flexibility index (Phi) is 2.16. The highest BCUT2D eigenvalue weighted by atomic mass is 16.5. The van der Waals surface area contributed by atoms with Gasteiger partial charge in [0.2, 0.25) is 0 Å². The number of rotatable bonds is 2. The average molecular weight is 155 g/mol. The van der Waals surface area contributed by atoms with E-state index in [1.165, 1.54) is 0 Å². The smallest absolute Gasteiger partial charge is 0.189 e. The Bertz CT molecular complexity index is 200. The van der Waals surface area contributed by atoms with Crippen LogP contribution < -0.4 is 16.4 Å². The highest BCUT2D eigenvalue weighted by molar-refractivity contribution is 5.19. The first-order valence-corrected chi connectivity index (χ1v) is 3.40. The fraction of sp³-hybridized carbons (Fsp3) is 0.429. The van der Waals surface area contributed by atoms with Crippen molar-refractivity contribution in [3.63, 3.8) is 0 Å². The minimum Gasteiger partial charge on any atom is -0.482 e. The number of allylic oxidation sites excluding steroid dienone is 2. The summed E-state index contributed by atoms with van der Waals surface area (Å²) in [6.07, 6.45) is 5.46. The van der Waals surface area contributed by atoms with Crippen LogP contribution in [0.25, 0.3) is 0 Å². The van der Waals surface area contributed by atoms with Gasteiger partial charge in [-0.3, -0.25) is 11.1 Å². The highest BCUT2D eigenvalue weighted by Crippen LogP contribution is 2.05. The summed E-state index contributed by atoms with van der Waals surface area (Å²) in [7, 11) is 3.37. The van der Waals surface area contributed by atoms with Crippen LogP contribution in [0.3, 0.4) is 0 Å². The Morgan fingerprint density at radius 2 is 2.45 bits per heavy atom. The summed E-state index contributed by atoms with van der Waals surface area (Å²) in [5.41, 5.74) is 5.79. The van der Waals surface area contributed by atoms with Crippen molar-refractivity contribution in [1.29, 1.82) is 0 Å². The van der Waals surface area contributed by atoms with Gasteiger partial charge < -0.3 is 10.1 Å². The molecular weight excluding hydrogens is 142 g/mol. The zero-order valence-corrected chi connectivity index (χ0v) is 6.72. The molecule has 0 fully saturated rings. The molecule has 1 atom stereocenters. The predicted molar refractivity (Wildman–Crippen MR) is 43.3 cm³/mol. The van der Waals surface area contributed by atoms with Gasteiger partial charge in [-0.2, -0.15) is 0 Å². The van der Waals surface area contributed by atoms with Gasteiger partial charge in [0.15, 0.2) is 11.7 Å². The number of nitrogens with one attached hydrogen (secondary N) is 2. The Labute approximate surface area is 66.1 Å². The largest absolute Gasteiger partial charge is 0.482 e. The molecule has 1 rings (SSSR count). The summed E-state index contributed by atoms with van der Waals surface area (Å²) in [5.74, 6) is -0.0237. The molecule has 0 saturated carbocycles. The van der Waals surface area contributed by atoms with Gasteiger partial charge in [0, 0.05) is 0 Å². The van der Waals surface area contributed by atoms with Crippen LogP contribution >= 0.6 is 0 Å². The van der Waals surface area contributed by atoms with Gasteiger partial charge in [-0.25, -0.2) is 0 Å². The van der Waals surface area contributed by atoms with E-state index in [0.29, 0.717) is 5.88 Å². The Morgan fingerprint density at radius 3 is 3.00 bits per heavy atom. The van der Waals surface area contributed by atoms with Crippen molar-refractivity contribution in [3.8, 4) is 0 Å². The molecule has 0 aromatic rings. The first-order chi connectivity index (χ1) is 5.20. The highest BCUT2D eigenvalue weighted by Gasteiger charge is 2.21. The van der Waals surface area contributed by atoms with Crippen molar-refractivity contribution in [2.75, 3.05) is 14.2 Å². The van der Waals surface area contributed by atoms with Crippen LogP contribution in [0, 0.1) is 0 Å². The topological polar surface area (TPSA) is 59.3 Å². The maximum Gasteiger partial charge on any atom is 0.189 e. The van der Waals surface area contributed by atoms with Crippen LogP contribution in [-0.2, 0) is 4.74 Å². The fourth-order valence-corrected chi connectivity index (χ4v) is 0.839. The van der Waals surface area contributed by atoms with Crippen molar-refractivity contribution in [1.82, 2.24) is 10.6 Å². The quantitative estimate of drug-likeness (QED) is 0.469. The first kappa shape index (κ1) is 8.10. The lowest BCUT2D eigenvalue weighted by molar-refractivity contribution is 0.218. The molecule has 1 unspecified atom stereocenters. The normalized spacial score (nSPS) is 29.2. The zero-order chi connectivity index (χ0) is 8.32. The van der Waals surface area contributed by atoms with Crippen molar-refractivity contribution >= 4 is 0 Å². The Morgan fingerprint density at radius 1 is 1.73 bits per heavy atom. The summed E-state index contributed by atoms with van der Waals surface area (Å²) in [6, 6.07) is 0. The summed E-state index contributed by atoms with van der Waals surface area (Å²) >= 11 is 0. The standard InChI is InChI=1S/C7H13N3O/c1-9-7(8)5-3-4-6(10-7)11-2/h3-5,9-10H,8H2,1-2H3. The SMILES string of the molecule is CNC1(N)C=CC=C(OC)N1. The number of hydrogen-bond acceptors (Lipinski definition) is 4. The van der Waals surface area contributed by atoms with Crippen LogP contribution in [0.2, 0.25) is 0 Å². The van der Waals surface area contributed by atoms with Gasteiger partial charge in [0.05, 0.1) is 7.11 Å². The molecule has 0 aliphatic carbocycles. The summed E-state index contributed by atoms with van der Waals surface area (Å²) in [4.78, 5) is 0. The summed E-state index contributed by atoms with van der Waals surface area (Å²) < 4.78 is 4.97. The average Bonchev–Trinajstić information content (AvgIpc) is 2.05. The predicted octanol–water partition coefficient (Wildman–Crippen LogP) is -0.534. The van der Waals surface area contributed by atoms with Gasteiger partial charge in [0.25, 0.3) is 0 Å². The van der Waals surface area contributed by atoms with Crippen LogP contribution in [0.1, 0.15) is 0 Å². The van der Waals surface area contributed by atoms with E-state index >= 15 is 0 Å². The van der Waals surface area contributed by atoms with Gasteiger partial charge in [-0.1, -0.05) is 6.08 Å². The van der Waals surface area contributed by atoms with Crippen molar-refractivity contribution < 1.29 is 4.74 Å². The van der Waals surface area contributed by atoms with E-state index in [1.54, 1.807) is 14.2 Å². The fourth-order valence-electron chi connectivity index (χ4n) is 0.839. The molecule has 11 heavy (non-hydrogen) atoms. The molecule has 0 amide bonds. The number of ether oxygens (including phenoxy) is 1. The Balaban J connectivity index is 2.68. The van der Waals surface area contributed by atoms with E-state index in [1.807, 2.05) is 18.2 Å². The van der Waals surface area contributed by atoms with Crippen molar-refractivity contribution in [2.24, 2.45) is 5.73 Å². The third-order valence-corrected chi connectivity index (χ3v) is 1.57. The number of nitrogens with two attached hydrogens (primary N) is 1. The molecule has 1 heterocycles. The van der Waals surface area contributed by atoms with Gasteiger partial charge in [-0.05, 0) is 19.2 Å². The summed E-state index contributed by atoms with van der Waals surface area (Å²) in [6.45, 7) is 0. The lowest BCUT2D eigenvalue weighted by Gasteiger charge is -2.30. The van der Waals surface area contributed by atoms with E-state index in [9.17, 15) is 0 Å². The Hall–Kier alpha value is -1.00. The molecule has 4 N–H and O–H groups in total. The van der Waals surface area contributed by atoms with Crippen LogP contribution in [0.5, 0.6) is 0 Å². The second-order valence-corrected chi connectivity index (χ2v) is 2.34. The molecular formula is C7H13N3O. The molecule has 0 bridgehead atoms. The van der Waals surface area contributed by atoms with Crippen molar-refractivity contribution in [2.45, 2.75) is 5.79 Å². The third-order valence-electron chi connectivity index (χ3n) is 1.57. The van der Waals surface area contributed by atoms with Gasteiger partial charge in [0.1, 0.15) is 0 Å². The lowest BCUT2D eigenvalue weighted by Crippen LogP contribution is -2.61. The molecule has 0 aromatic carbocycles. The zero-order valence-electron chi connectivity index (χ0n) is 6.72. The maximum absolute atomic E-state index is 5.79. The first-order valence-electron chi connectivity index (χ1n) is 3.40. The second kappa shape index (κ2) is 2.94. The molecule has 4 nitrogen and oxygen atoms in total. The monoisotopic (exact) mass is 155 g/mol. The molecule has 0 spiro atoms. The minimum absolute atomic E-state index is 0.657.